The highest BCUT2D eigenvalue weighted by Gasteiger charge is 2.33. The van der Waals surface area contributed by atoms with Crippen LogP contribution in [-0.2, 0) is 6.18 Å². The lowest BCUT2D eigenvalue weighted by molar-refractivity contribution is -0.137. The third kappa shape index (κ3) is 4.35. The second kappa shape index (κ2) is 8.55. The molecule has 1 amide bonds. The number of nitrogen functional groups attached to an aromatic ring is 1. The number of piperazine rings is 1. The fourth-order valence-corrected chi connectivity index (χ4v) is 3.85. The highest BCUT2D eigenvalue weighted by atomic mass is 35.5. The first-order chi connectivity index (χ1) is 15.1. The highest BCUT2D eigenvalue weighted by Crippen LogP contribution is 2.35. The van der Waals surface area contributed by atoms with Crippen LogP contribution in [0.25, 0.3) is 11.3 Å². The molecular weight excluding hydrogens is 468 g/mol. The molecule has 0 radical (unpaired) electrons. The normalized spacial score (nSPS) is 14.7. The smallest absolute Gasteiger partial charge is 0.368 e. The number of nitrogens with zero attached hydrogens (tertiary/aromatic N) is 3. The summed E-state index contributed by atoms with van der Waals surface area (Å²) in [5.74, 6) is -0.695. The predicted molar refractivity (Wildman–Crippen MR) is 116 cm³/mol. The number of rotatable bonds is 3. The molecule has 1 aliphatic rings. The van der Waals surface area contributed by atoms with Crippen molar-refractivity contribution in [3.05, 3.63) is 63.6 Å². The molecule has 32 heavy (non-hydrogen) atoms. The first-order valence-electron chi connectivity index (χ1n) is 9.57. The van der Waals surface area contributed by atoms with E-state index in [4.69, 9.17) is 33.5 Å². The zero-order chi connectivity index (χ0) is 23.0. The van der Waals surface area contributed by atoms with Gasteiger partial charge in [-0.05, 0) is 30.3 Å². The van der Waals surface area contributed by atoms with Crippen LogP contribution in [0, 0.1) is 0 Å². The topological polar surface area (TPSA) is 75.6 Å². The third-order valence-corrected chi connectivity index (χ3v) is 5.97. The Balaban J connectivity index is 1.54. The zero-order valence-corrected chi connectivity index (χ0v) is 18.0. The van der Waals surface area contributed by atoms with Gasteiger partial charge in [-0.25, -0.2) is 0 Å². The molecule has 0 bridgehead atoms. The number of alkyl halides is 3. The highest BCUT2D eigenvalue weighted by molar-refractivity contribution is 6.42. The Bertz CT molecular complexity index is 1160. The summed E-state index contributed by atoms with van der Waals surface area (Å²) in [6.45, 7) is 1.78. The number of nitrogens with two attached hydrogens (primary N) is 1. The van der Waals surface area contributed by atoms with Gasteiger partial charge in [0.05, 0.1) is 15.6 Å². The lowest BCUT2D eigenvalue weighted by Gasteiger charge is -2.36. The minimum Gasteiger partial charge on any atom is -0.368 e. The fraction of sp³-hybridized carbons (Fsp3) is 0.238. The Kier molecular flexibility index (Phi) is 5.96. The Morgan fingerprint density at radius 3 is 2.41 bits per heavy atom. The van der Waals surface area contributed by atoms with Crippen molar-refractivity contribution in [1.29, 1.82) is 0 Å². The van der Waals surface area contributed by atoms with Crippen molar-refractivity contribution in [1.82, 2.24) is 10.1 Å². The van der Waals surface area contributed by atoms with E-state index < -0.39 is 17.6 Å². The van der Waals surface area contributed by atoms with Gasteiger partial charge in [0.25, 0.3) is 5.91 Å². The molecule has 6 nitrogen and oxygen atoms in total. The van der Waals surface area contributed by atoms with Crippen molar-refractivity contribution in [3.63, 3.8) is 0 Å². The maximum Gasteiger partial charge on any atom is 0.416 e. The fourth-order valence-electron chi connectivity index (χ4n) is 3.56. The molecule has 4 rings (SSSR count). The Hall–Kier alpha value is -2.91. The number of amides is 1. The number of halogens is 5. The van der Waals surface area contributed by atoms with Crippen LogP contribution in [-0.4, -0.2) is 42.1 Å². The third-order valence-electron chi connectivity index (χ3n) is 5.23. The lowest BCUT2D eigenvalue weighted by Crippen LogP contribution is -2.49. The molecule has 0 spiro atoms. The van der Waals surface area contributed by atoms with Crippen molar-refractivity contribution in [3.8, 4) is 11.3 Å². The van der Waals surface area contributed by atoms with Gasteiger partial charge in [-0.3, -0.25) is 4.79 Å². The summed E-state index contributed by atoms with van der Waals surface area (Å²) < 4.78 is 44.3. The zero-order valence-electron chi connectivity index (χ0n) is 16.5. The predicted octanol–water partition coefficient (Wildman–Crippen LogP) is 5.21. The minimum absolute atomic E-state index is 0.0227. The maximum atomic E-state index is 13.2. The van der Waals surface area contributed by atoms with Gasteiger partial charge in [-0.1, -0.05) is 40.5 Å². The maximum absolute atomic E-state index is 13.2. The van der Waals surface area contributed by atoms with Gasteiger partial charge in [0.2, 0.25) is 5.88 Å². The van der Waals surface area contributed by atoms with E-state index in [-0.39, 0.29) is 22.7 Å². The van der Waals surface area contributed by atoms with Crippen LogP contribution in [0.2, 0.25) is 10.0 Å². The van der Waals surface area contributed by atoms with Crippen LogP contribution in [0.1, 0.15) is 15.9 Å². The second-order valence-electron chi connectivity index (χ2n) is 7.23. The van der Waals surface area contributed by atoms with E-state index in [1.807, 2.05) is 6.07 Å². The van der Waals surface area contributed by atoms with Crippen molar-refractivity contribution in [2.75, 3.05) is 36.8 Å². The summed E-state index contributed by atoms with van der Waals surface area (Å²) in [4.78, 5) is 16.8. The monoisotopic (exact) mass is 484 g/mol. The van der Waals surface area contributed by atoms with Gasteiger partial charge < -0.3 is 20.1 Å². The van der Waals surface area contributed by atoms with Crippen LogP contribution in [0.4, 0.5) is 24.7 Å². The van der Waals surface area contributed by atoms with Gasteiger partial charge in [-0.2, -0.15) is 13.2 Å². The minimum atomic E-state index is -4.53. The molecule has 3 aromatic rings. The van der Waals surface area contributed by atoms with Crippen molar-refractivity contribution in [2.45, 2.75) is 6.18 Å². The number of carbonyl (C=O) groups excluding carboxylic acids is 1. The number of anilines is 2. The number of hydrogen-bond donors (Lipinski definition) is 1. The molecule has 0 atom stereocenters. The second-order valence-corrected chi connectivity index (χ2v) is 8.04. The molecule has 0 unspecified atom stereocenters. The number of hydrogen-bond acceptors (Lipinski definition) is 5. The van der Waals surface area contributed by atoms with E-state index in [1.165, 1.54) is 12.1 Å². The first kappa shape index (κ1) is 22.3. The Morgan fingerprint density at radius 1 is 1.03 bits per heavy atom. The Labute approximate surface area is 191 Å². The summed E-state index contributed by atoms with van der Waals surface area (Å²) in [6, 6.07) is 9.82. The summed E-state index contributed by atoms with van der Waals surface area (Å²) in [7, 11) is 0. The average Bonchev–Trinajstić information content (AvgIpc) is 3.16. The van der Waals surface area contributed by atoms with E-state index in [9.17, 15) is 18.0 Å². The molecule has 1 aromatic heterocycles. The van der Waals surface area contributed by atoms with Crippen LogP contribution >= 0.6 is 23.2 Å². The van der Waals surface area contributed by atoms with Crippen molar-refractivity contribution >= 4 is 40.7 Å². The van der Waals surface area contributed by atoms with Crippen molar-refractivity contribution < 1.29 is 22.5 Å². The van der Waals surface area contributed by atoms with Gasteiger partial charge >= 0.3 is 6.18 Å². The molecule has 2 N–H and O–H groups in total. The first-order valence-corrected chi connectivity index (χ1v) is 10.3. The summed E-state index contributed by atoms with van der Waals surface area (Å²) in [5.41, 5.74) is 5.87. The van der Waals surface area contributed by atoms with E-state index in [0.717, 1.165) is 17.8 Å². The van der Waals surface area contributed by atoms with Crippen LogP contribution < -0.4 is 10.6 Å². The van der Waals surface area contributed by atoms with E-state index in [1.54, 1.807) is 17.0 Å². The summed E-state index contributed by atoms with van der Waals surface area (Å²) in [5, 5.41) is 4.64. The lowest BCUT2D eigenvalue weighted by atomic mass is 10.0. The average molecular weight is 485 g/mol. The van der Waals surface area contributed by atoms with E-state index >= 15 is 0 Å². The largest absolute Gasteiger partial charge is 0.416 e. The van der Waals surface area contributed by atoms with Gasteiger partial charge in [0.1, 0.15) is 11.3 Å². The standard InChI is InChI=1S/C21H17Cl2F3N4O2/c22-15-5-4-14(11-16(15)23)29-6-8-30(9-7-29)20(31)17-18(28-32-19(17)27)12-2-1-3-13(10-12)21(24,25)26/h1-5,10-11H,6-9,27H2. The summed E-state index contributed by atoms with van der Waals surface area (Å²) in [6.07, 6.45) is -4.53. The molecular formula is C21H17Cl2F3N4O2. The quantitative estimate of drug-likeness (QED) is 0.551. The SMILES string of the molecule is Nc1onc(-c2cccc(C(F)(F)F)c2)c1C(=O)N1CCN(c2ccc(Cl)c(Cl)c2)CC1. The molecule has 1 saturated heterocycles. The molecule has 11 heteroatoms. The van der Waals surface area contributed by atoms with E-state index in [0.29, 0.717) is 36.2 Å². The molecule has 168 valence electrons. The van der Waals surface area contributed by atoms with E-state index in [2.05, 4.69) is 10.1 Å². The van der Waals surface area contributed by atoms with Gasteiger partial charge in [-0.15, -0.1) is 0 Å². The van der Waals surface area contributed by atoms with Gasteiger partial charge in [0, 0.05) is 37.4 Å². The number of benzene rings is 2. The number of carbonyl (C=O) groups is 1. The van der Waals surface area contributed by atoms with Gasteiger partial charge in [0.15, 0.2) is 0 Å². The van der Waals surface area contributed by atoms with Crippen LogP contribution in [0.15, 0.2) is 47.0 Å². The molecule has 2 aromatic carbocycles. The number of aromatic nitrogens is 1. The van der Waals surface area contributed by atoms with Crippen LogP contribution in [0.5, 0.6) is 0 Å². The Morgan fingerprint density at radius 2 is 1.75 bits per heavy atom. The summed E-state index contributed by atoms with van der Waals surface area (Å²) >= 11 is 12.1. The van der Waals surface area contributed by atoms with Crippen LogP contribution in [0.3, 0.4) is 0 Å². The van der Waals surface area contributed by atoms with Crippen molar-refractivity contribution in [2.24, 2.45) is 0 Å². The molecule has 0 aliphatic carbocycles. The molecule has 2 heterocycles. The molecule has 0 saturated carbocycles. The molecule has 1 aliphatic heterocycles. The molecule has 1 fully saturated rings.